The molecule has 4 heteroatoms. The molecule has 1 N–H and O–H groups in total. The van der Waals surface area contributed by atoms with Crippen LogP contribution in [0.25, 0.3) is 0 Å². The van der Waals surface area contributed by atoms with Crippen LogP contribution in [-0.4, -0.2) is 13.7 Å². The summed E-state index contributed by atoms with van der Waals surface area (Å²) in [7, 11) is 1.61. The normalized spacial score (nSPS) is 19.2. The first-order valence-electron chi connectivity index (χ1n) is 4.44. The van der Waals surface area contributed by atoms with Crippen molar-refractivity contribution in [2.24, 2.45) is 0 Å². The Kier molecular flexibility index (Phi) is 2.76. The van der Waals surface area contributed by atoms with E-state index < -0.39 is 0 Å². The Morgan fingerprint density at radius 2 is 2.36 bits per heavy atom. The summed E-state index contributed by atoms with van der Waals surface area (Å²) < 4.78 is 6.66. The van der Waals surface area contributed by atoms with Crippen LogP contribution >= 0.6 is 15.9 Å². The minimum Gasteiger partial charge on any atom is -0.491 e. The highest BCUT2D eigenvalue weighted by atomic mass is 79.9. The summed E-state index contributed by atoms with van der Waals surface area (Å²) in [5.41, 5.74) is 5.22. The minimum atomic E-state index is 0.115. The lowest BCUT2D eigenvalue weighted by molar-refractivity contribution is 0.0534. The van der Waals surface area contributed by atoms with E-state index in [1.54, 1.807) is 7.11 Å². The molecule has 76 valence electrons. The highest BCUT2D eigenvalue weighted by Crippen LogP contribution is 2.40. The van der Waals surface area contributed by atoms with Gasteiger partial charge in [0, 0.05) is 10.0 Å². The fourth-order valence-corrected chi connectivity index (χ4v) is 2.27. The first-order valence-corrected chi connectivity index (χ1v) is 5.23. The number of hydrogen-bond donors (Lipinski definition) is 1. The van der Waals surface area contributed by atoms with Crippen molar-refractivity contribution in [3.63, 3.8) is 0 Å². The summed E-state index contributed by atoms with van der Waals surface area (Å²) in [6.45, 7) is 2.66. The fraction of sp³-hybridized carbons (Fsp3) is 0.400. The quantitative estimate of drug-likeness (QED) is 0.826. The van der Waals surface area contributed by atoms with Gasteiger partial charge in [-0.1, -0.05) is 22.0 Å². The van der Waals surface area contributed by atoms with E-state index in [1.165, 1.54) is 0 Å². The highest BCUT2D eigenvalue weighted by molar-refractivity contribution is 9.10. The van der Waals surface area contributed by atoms with Crippen LogP contribution in [0.3, 0.4) is 0 Å². The number of halogens is 1. The maximum atomic E-state index is 5.60. The lowest BCUT2D eigenvalue weighted by Crippen LogP contribution is -2.21. The topological polar surface area (TPSA) is 30.5 Å². The van der Waals surface area contributed by atoms with Gasteiger partial charge in [-0.15, -0.1) is 0 Å². The van der Waals surface area contributed by atoms with Gasteiger partial charge in [0.25, 0.3) is 0 Å². The number of benzene rings is 1. The zero-order chi connectivity index (χ0) is 10.1. The van der Waals surface area contributed by atoms with Gasteiger partial charge in [0.05, 0.1) is 13.2 Å². The molecule has 0 saturated carbocycles. The Morgan fingerprint density at radius 3 is 3.07 bits per heavy atom. The minimum absolute atomic E-state index is 0.115. The molecule has 1 aromatic carbocycles. The van der Waals surface area contributed by atoms with Crippen LogP contribution in [0.1, 0.15) is 17.2 Å². The Hall–Kier alpha value is -0.580. The lowest BCUT2D eigenvalue weighted by atomic mass is 10.1. The molecule has 1 atom stereocenters. The molecule has 0 aromatic heterocycles. The second kappa shape index (κ2) is 3.88. The Labute approximate surface area is 91.5 Å². The molecule has 14 heavy (non-hydrogen) atoms. The first-order chi connectivity index (χ1) is 6.74. The van der Waals surface area contributed by atoms with Gasteiger partial charge in [-0.25, -0.2) is 0 Å². The summed E-state index contributed by atoms with van der Waals surface area (Å²) in [6.07, 6.45) is 0. The average molecular weight is 258 g/mol. The first kappa shape index (κ1) is 9.96. The van der Waals surface area contributed by atoms with Crippen LogP contribution in [0.4, 0.5) is 0 Å². The molecule has 0 saturated heterocycles. The molecule has 0 fully saturated rings. The molecular weight excluding hydrogens is 246 g/mol. The SMILES string of the molecule is CONC1COc2c(C)ccc(Br)c21. The third-order valence-electron chi connectivity index (χ3n) is 2.34. The van der Waals surface area contributed by atoms with Gasteiger partial charge in [0.1, 0.15) is 12.4 Å². The van der Waals surface area contributed by atoms with Crippen molar-refractivity contribution in [3.05, 3.63) is 27.7 Å². The second-order valence-corrected chi connectivity index (χ2v) is 4.15. The van der Waals surface area contributed by atoms with Gasteiger partial charge in [0.2, 0.25) is 0 Å². The zero-order valence-electron chi connectivity index (χ0n) is 8.13. The van der Waals surface area contributed by atoms with E-state index in [0.29, 0.717) is 6.61 Å². The van der Waals surface area contributed by atoms with Crippen LogP contribution < -0.4 is 10.2 Å². The van der Waals surface area contributed by atoms with E-state index in [2.05, 4.69) is 21.4 Å². The average Bonchev–Trinajstić information content (AvgIpc) is 2.58. The van der Waals surface area contributed by atoms with Crippen LogP contribution in [0.5, 0.6) is 5.75 Å². The summed E-state index contributed by atoms with van der Waals surface area (Å²) in [5, 5.41) is 0. The lowest BCUT2D eigenvalue weighted by Gasteiger charge is -2.10. The van der Waals surface area contributed by atoms with Crippen molar-refractivity contribution in [1.29, 1.82) is 0 Å². The second-order valence-electron chi connectivity index (χ2n) is 3.29. The molecule has 3 nitrogen and oxygen atoms in total. The van der Waals surface area contributed by atoms with Crippen LogP contribution in [-0.2, 0) is 4.84 Å². The van der Waals surface area contributed by atoms with E-state index in [9.17, 15) is 0 Å². The van der Waals surface area contributed by atoms with Gasteiger partial charge < -0.3 is 9.57 Å². The van der Waals surface area contributed by atoms with E-state index in [1.807, 2.05) is 19.1 Å². The van der Waals surface area contributed by atoms with E-state index in [-0.39, 0.29) is 6.04 Å². The van der Waals surface area contributed by atoms with Crippen molar-refractivity contribution in [2.75, 3.05) is 13.7 Å². The molecule has 1 heterocycles. The van der Waals surface area contributed by atoms with Crippen molar-refractivity contribution >= 4 is 15.9 Å². The van der Waals surface area contributed by atoms with Gasteiger partial charge in [-0.2, -0.15) is 5.48 Å². The summed E-state index contributed by atoms with van der Waals surface area (Å²) in [6, 6.07) is 4.19. The third-order valence-corrected chi connectivity index (χ3v) is 3.03. The maximum absolute atomic E-state index is 5.60. The van der Waals surface area contributed by atoms with Crippen molar-refractivity contribution in [1.82, 2.24) is 5.48 Å². The molecule has 0 radical (unpaired) electrons. The highest BCUT2D eigenvalue weighted by Gasteiger charge is 2.27. The number of nitrogens with one attached hydrogen (secondary N) is 1. The largest absolute Gasteiger partial charge is 0.491 e. The number of hydrogen-bond acceptors (Lipinski definition) is 3. The third kappa shape index (κ3) is 1.54. The van der Waals surface area contributed by atoms with Gasteiger partial charge in [-0.3, -0.25) is 0 Å². The number of ether oxygens (including phenoxy) is 1. The Bertz CT molecular complexity index is 354. The van der Waals surface area contributed by atoms with Crippen LogP contribution in [0, 0.1) is 6.92 Å². The van der Waals surface area contributed by atoms with Gasteiger partial charge in [-0.05, 0) is 18.6 Å². The molecule has 1 aliphatic rings. The Balaban J connectivity index is 2.42. The molecule has 2 rings (SSSR count). The fourth-order valence-electron chi connectivity index (χ4n) is 1.69. The molecule has 1 aromatic rings. The van der Waals surface area contributed by atoms with Crippen LogP contribution in [0.2, 0.25) is 0 Å². The molecule has 0 spiro atoms. The predicted octanol–water partition coefficient (Wildman–Crippen LogP) is 2.34. The predicted molar refractivity (Wildman–Crippen MR) is 57.3 cm³/mol. The Morgan fingerprint density at radius 1 is 1.57 bits per heavy atom. The van der Waals surface area contributed by atoms with Crippen molar-refractivity contribution in [2.45, 2.75) is 13.0 Å². The number of aryl methyl sites for hydroxylation is 1. The molecule has 1 aliphatic heterocycles. The smallest absolute Gasteiger partial charge is 0.128 e. The standard InChI is InChI=1S/C10H12BrNO2/c1-6-3-4-7(11)9-8(12-13-2)5-14-10(6)9/h3-4,8,12H,5H2,1-2H3. The van der Waals surface area contributed by atoms with Crippen molar-refractivity contribution in [3.8, 4) is 5.75 Å². The van der Waals surface area contributed by atoms with Crippen LogP contribution in [0.15, 0.2) is 16.6 Å². The summed E-state index contributed by atoms with van der Waals surface area (Å²) >= 11 is 3.52. The number of fused-ring (bicyclic) bond motifs is 1. The van der Waals surface area contributed by atoms with E-state index in [0.717, 1.165) is 21.3 Å². The molecule has 0 bridgehead atoms. The monoisotopic (exact) mass is 257 g/mol. The maximum Gasteiger partial charge on any atom is 0.128 e. The van der Waals surface area contributed by atoms with E-state index >= 15 is 0 Å². The summed E-state index contributed by atoms with van der Waals surface area (Å²) in [4.78, 5) is 4.93. The number of hydroxylamine groups is 1. The molecule has 0 amide bonds. The molecular formula is C10H12BrNO2. The summed E-state index contributed by atoms with van der Waals surface area (Å²) in [5.74, 6) is 0.967. The number of rotatable bonds is 2. The van der Waals surface area contributed by atoms with Gasteiger partial charge in [0.15, 0.2) is 0 Å². The zero-order valence-corrected chi connectivity index (χ0v) is 9.72. The van der Waals surface area contributed by atoms with Crippen molar-refractivity contribution < 1.29 is 9.57 Å². The molecule has 0 aliphatic carbocycles. The molecule has 1 unspecified atom stereocenters. The van der Waals surface area contributed by atoms with Gasteiger partial charge >= 0.3 is 0 Å². The van der Waals surface area contributed by atoms with E-state index in [4.69, 9.17) is 9.57 Å².